The lowest BCUT2D eigenvalue weighted by molar-refractivity contribution is 0.626. The van der Waals surface area contributed by atoms with Crippen LogP contribution in [0.2, 0.25) is 0 Å². The van der Waals surface area contributed by atoms with Crippen LogP contribution < -0.4 is 10.0 Å². The lowest BCUT2D eigenvalue weighted by Gasteiger charge is -2.24. The van der Waals surface area contributed by atoms with E-state index in [-0.39, 0.29) is 0 Å². The van der Waals surface area contributed by atoms with Crippen molar-refractivity contribution < 1.29 is 0 Å². The van der Waals surface area contributed by atoms with Gasteiger partial charge in [-0.15, -0.1) is 0 Å². The average Bonchev–Trinajstić information content (AvgIpc) is 2.77. The van der Waals surface area contributed by atoms with Crippen LogP contribution in [0.1, 0.15) is 39.0 Å². The maximum Gasteiger partial charge on any atom is 0.140 e. The summed E-state index contributed by atoms with van der Waals surface area (Å²) in [5.74, 6) is 0. The van der Waals surface area contributed by atoms with Crippen LogP contribution in [0, 0.1) is 0 Å². The average molecular weight is 282 g/mol. The first-order valence-corrected chi connectivity index (χ1v) is 8.57. The first-order chi connectivity index (χ1) is 8.86. The van der Waals surface area contributed by atoms with Gasteiger partial charge in [0, 0.05) is 11.4 Å². The Labute approximate surface area is 119 Å². The molecule has 4 heteroatoms. The quantitative estimate of drug-likeness (QED) is 0.590. The summed E-state index contributed by atoms with van der Waals surface area (Å²) in [7, 11) is 0. The highest BCUT2D eigenvalue weighted by Crippen LogP contribution is 2.46. The van der Waals surface area contributed by atoms with Gasteiger partial charge in [0.1, 0.15) is 4.71 Å². The van der Waals surface area contributed by atoms with E-state index in [0.29, 0.717) is 4.71 Å². The van der Waals surface area contributed by atoms with E-state index in [1.54, 1.807) is 0 Å². The molecule has 0 fully saturated rings. The summed E-state index contributed by atoms with van der Waals surface area (Å²) >= 11 is 3.33. The third kappa shape index (κ3) is 3.37. The van der Waals surface area contributed by atoms with Gasteiger partial charge in [0.05, 0.1) is 5.69 Å². The molecule has 0 bridgehead atoms. The molecule has 2 rings (SSSR count). The van der Waals surface area contributed by atoms with E-state index in [2.05, 4.69) is 36.1 Å². The van der Waals surface area contributed by atoms with Gasteiger partial charge in [-0.1, -0.05) is 56.5 Å². The molecule has 0 saturated heterocycles. The van der Waals surface area contributed by atoms with E-state index in [9.17, 15) is 0 Å². The second kappa shape index (κ2) is 7.31. The molecular weight excluding hydrogens is 260 g/mol. The Balaban J connectivity index is 1.89. The first-order valence-electron chi connectivity index (χ1n) is 6.74. The molecule has 1 heterocycles. The second-order valence-corrected chi connectivity index (χ2v) is 6.78. The lowest BCUT2D eigenvalue weighted by Crippen LogP contribution is -2.29. The Morgan fingerprint density at radius 2 is 2.00 bits per heavy atom. The number of nitrogens with two attached hydrogens (primary N) is 1. The smallest absolute Gasteiger partial charge is 0.140 e. The highest BCUT2D eigenvalue weighted by atomic mass is 32.2. The van der Waals surface area contributed by atoms with Gasteiger partial charge in [0.15, 0.2) is 0 Å². The van der Waals surface area contributed by atoms with E-state index in [1.165, 1.54) is 54.6 Å². The van der Waals surface area contributed by atoms with Crippen molar-refractivity contribution in [3.63, 3.8) is 0 Å². The van der Waals surface area contributed by atoms with Crippen molar-refractivity contribution in [1.82, 2.24) is 0 Å². The fourth-order valence-corrected chi connectivity index (χ4v) is 4.22. The molecule has 0 radical (unpaired) electrons. The van der Waals surface area contributed by atoms with Gasteiger partial charge >= 0.3 is 0 Å². The molecule has 100 valence electrons. The van der Waals surface area contributed by atoms with Crippen LogP contribution in [0.5, 0.6) is 0 Å². The molecule has 0 saturated carbocycles. The zero-order valence-electron chi connectivity index (χ0n) is 11.0. The highest BCUT2D eigenvalue weighted by Gasteiger charge is 2.28. The maximum atomic E-state index is 5.81. The zero-order valence-corrected chi connectivity index (χ0v) is 12.6. The number of hydrogen-bond donors (Lipinski definition) is 1. The van der Waals surface area contributed by atoms with E-state index >= 15 is 0 Å². The molecule has 18 heavy (non-hydrogen) atoms. The van der Waals surface area contributed by atoms with Gasteiger partial charge in [-0.3, -0.25) is 5.14 Å². The van der Waals surface area contributed by atoms with Gasteiger partial charge in [-0.25, -0.2) is 0 Å². The van der Waals surface area contributed by atoms with E-state index in [1.807, 2.05) is 11.8 Å². The zero-order chi connectivity index (χ0) is 12.8. The molecule has 0 amide bonds. The number of rotatable bonds is 7. The van der Waals surface area contributed by atoms with Gasteiger partial charge < -0.3 is 4.90 Å². The van der Waals surface area contributed by atoms with Crippen molar-refractivity contribution in [2.75, 3.05) is 11.4 Å². The number of hydrogen-bond acceptors (Lipinski definition) is 4. The van der Waals surface area contributed by atoms with Crippen molar-refractivity contribution in [3.05, 3.63) is 24.3 Å². The fraction of sp³-hybridized carbons (Fsp3) is 0.571. The number of thioether (sulfide) groups is 1. The summed E-state index contributed by atoms with van der Waals surface area (Å²) < 4.78 is 0.355. The van der Waals surface area contributed by atoms with Crippen LogP contribution in [0.15, 0.2) is 29.2 Å². The van der Waals surface area contributed by atoms with Crippen molar-refractivity contribution in [1.29, 1.82) is 0 Å². The summed E-state index contributed by atoms with van der Waals surface area (Å²) in [6.45, 7) is 3.39. The number of para-hydroxylation sites is 1. The Morgan fingerprint density at radius 3 is 2.78 bits per heavy atom. The molecular formula is C14H22N2S2. The number of anilines is 1. The molecule has 1 aromatic rings. The molecule has 1 aliphatic rings. The predicted octanol–water partition coefficient (Wildman–Crippen LogP) is 4.46. The van der Waals surface area contributed by atoms with Gasteiger partial charge in [0.2, 0.25) is 0 Å². The van der Waals surface area contributed by atoms with Gasteiger partial charge in [-0.2, -0.15) is 0 Å². The summed E-state index contributed by atoms with van der Waals surface area (Å²) in [6, 6.07) is 8.63. The number of fused-ring (bicyclic) bond motifs is 1. The summed E-state index contributed by atoms with van der Waals surface area (Å²) in [5, 5.41) is 5.81. The number of unbranched alkanes of at least 4 members (excludes halogenated alkanes) is 4. The molecule has 2 nitrogen and oxygen atoms in total. The molecule has 1 aliphatic heterocycles. The predicted molar refractivity (Wildman–Crippen MR) is 84.0 cm³/mol. The van der Waals surface area contributed by atoms with Crippen LogP contribution in [-0.2, 0) is 0 Å². The van der Waals surface area contributed by atoms with Crippen LogP contribution in [0.3, 0.4) is 0 Å². The SMILES string of the molecule is CCCCCCCN1c2ccccc2SC1SN. The maximum absolute atomic E-state index is 5.81. The van der Waals surface area contributed by atoms with Crippen molar-refractivity contribution in [3.8, 4) is 0 Å². The van der Waals surface area contributed by atoms with Crippen molar-refractivity contribution in [2.24, 2.45) is 5.14 Å². The monoisotopic (exact) mass is 282 g/mol. The number of nitrogens with zero attached hydrogens (tertiary/aromatic N) is 1. The van der Waals surface area contributed by atoms with Gasteiger partial charge in [-0.05, 0) is 30.5 Å². The third-order valence-electron chi connectivity index (χ3n) is 3.28. The van der Waals surface area contributed by atoms with Crippen LogP contribution in [0.25, 0.3) is 0 Å². The molecule has 1 atom stereocenters. The summed E-state index contributed by atoms with van der Waals surface area (Å²) in [4.78, 5) is 3.82. The lowest BCUT2D eigenvalue weighted by atomic mass is 10.1. The minimum Gasteiger partial charge on any atom is -0.349 e. The Morgan fingerprint density at radius 1 is 1.22 bits per heavy atom. The summed E-state index contributed by atoms with van der Waals surface area (Å²) in [5.41, 5.74) is 1.36. The van der Waals surface area contributed by atoms with E-state index < -0.39 is 0 Å². The molecule has 2 N–H and O–H groups in total. The molecule has 0 aromatic heterocycles. The molecule has 0 aliphatic carbocycles. The summed E-state index contributed by atoms with van der Waals surface area (Å²) in [6.07, 6.45) is 6.63. The number of benzene rings is 1. The van der Waals surface area contributed by atoms with Gasteiger partial charge in [0.25, 0.3) is 0 Å². The fourth-order valence-electron chi connectivity index (χ4n) is 2.29. The van der Waals surface area contributed by atoms with Crippen LogP contribution in [-0.4, -0.2) is 11.3 Å². The van der Waals surface area contributed by atoms with Crippen molar-refractivity contribution >= 4 is 29.4 Å². The standard InChI is InChI=1S/C14H22N2S2/c1-2-3-4-5-8-11-16-12-9-6-7-10-13(12)17-14(16)18-15/h6-7,9-10,14H,2-5,8,11,15H2,1H3. The Bertz CT molecular complexity index is 371. The second-order valence-electron chi connectivity index (χ2n) is 4.64. The Hall–Kier alpha value is -0.320. The third-order valence-corrected chi connectivity index (χ3v) is 5.44. The molecule has 0 spiro atoms. The van der Waals surface area contributed by atoms with E-state index in [4.69, 9.17) is 5.14 Å². The minimum atomic E-state index is 0.355. The topological polar surface area (TPSA) is 29.3 Å². The minimum absolute atomic E-state index is 0.355. The largest absolute Gasteiger partial charge is 0.349 e. The van der Waals surface area contributed by atoms with E-state index in [0.717, 1.165) is 6.54 Å². The molecule has 1 unspecified atom stereocenters. The highest BCUT2D eigenvalue weighted by molar-refractivity contribution is 8.16. The van der Waals surface area contributed by atoms with Crippen molar-refractivity contribution in [2.45, 2.75) is 48.6 Å². The molecule has 1 aromatic carbocycles. The first kappa shape index (κ1) is 14.1. The Kier molecular flexibility index (Phi) is 5.73. The van der Waals surface area contributed by atoms with Crippen LogP contribution in [0.4, 0.5) is 5.69 Å². The van der Waals surface area contributed by atoms with Crippen LogP contribution >= 0.6 is 23.7 Å². The normalized spacial score (nSPS) is 18.1.